The summed E-state index contributed by atoms with van der Waals surface area (Å²) in [4.78, 5) is 45.2. The Hall–Kier alpha value is -4.24. The first-order chi connectivity index (χ1) is 17.7. The van der Waals surface area contributed by atoms with E-state index in [1.165, 1.54) is 18.1 Å². The maximum Gasteiger partial charge on any atom is 0.350 e. The molecule has 2 aromatic carbocycles. The first-order valence-electron chi connectivity index (χ1n) is 11.5. The Morgan fingerprint density at radius 1 is 1.16 bits per heavy atom. The Labute approximate surface area is 218 Å². The molecular weight excluding hydrogens is 492 g/mol. The van der Waals surface area contributed by atoms with Gasteiger partial charge in [-0.3, -0.25) is 14.5 Å². The van der Waals surface area contributed by atoms with Crippen molar-refractivity contribution in [1.29, 1.82) is 0 Å². The van der Waals surface area contributed by atoms with E-state index in [0.717, 1.165) is 16.9 Å². The average molecular weight is 519 g/mol. The fourth-order valence-electron chi connectivity index (χ4n) is 4.14. The molecule has 8 nitrogen and oxygen atoms in total. The van der Waals surface area contributed by atoms with Crippen molar-refractivity contribution in [3.8, 4) is 5.75 Å². The summed E-state index contributed by atoms with van der Waals surface area (Å²) in [6, 6.07) is 11.4. The molecule has 1 amide bonds. The number of amides is 1. The first kappa shape index (κ1) is 25.8. The summed E-state index contributed by atoms with van der Waals surface area (Å²) in [7, 11) is 1.54. The van der Waals surface area contributed by atoms with Crippen LogP contribution < -0.4 is 9.64 Å². The van der Waals surface area contributed by atoms with Gasteiger partial charge in [0.05, 0.1) is 24.4 Å². The van der Waals surface area contributed by atoms with Gasteiger partial charge in [-0.2, -0.15) is 0 Å². The maximum absolute atomic E-state index is 13.4. The third-order valence-electron chi connectivity index (χ3n) is 6.04. The number of methoxy groups -OCH3 is 1. The van der Waals surface area contributed by atoms with Crippen LogP contribution in [0, 0.1) is 20.8 Å². The topological polar surface area (TPSA) is 106 Å². The highest BCUT2D eigenvalue weighted by molar-refractivity contribution is 7.17. The summed E-state index contributed by atoms with van der Waals surface area (Å²) in [5, 5.41) is 11.5. The highest BCUT2D eigenvalue weighted by Crippen LogP contribution is 2.44. The fraction of sp³-hybridized carbons (Fsp3) is 0.214. The van der Waals surface area contributed by atoms with Crippen molar-refractivity contribution in [2.75, 3.05) is 18.6 Å². The lowest BCUT2D eigenvalue weighted by Gasteiger charge is -2.23. The van der Waals surface area contributed by atoms with Crippen LogP contribution in [0.25, 0.3) is 5.76 Å². The molecule has 9 heteroatoms. The van der Waals surface area contributed by atoms with E-state index in [0.29, 0.717) is 28.1 Å². The molecule has 4 rings (SSSR count). The van der Waals surface area contributed by atoms with Crippen molar-refractivity contribution in [3.05, 3.63) is 93.5 Å². The number of aryl methyl sites for hydroxylation is 3. The van der Waals surface area contributed by atoms with Gasteiger partial charge in [0.15, 0.2) is 5.13 Å². The second-order valence-corrected chi connectivity index (χ2v) is 9.54. The van der Waals surface area contributed by atoms with Crippen molar-refractivity contribution in [2.45, 2.75) is 26.8 Å². The monoisotopic (exact) mass is 518 g/mol. The molecule has 0 saturated carbocycles. The van der Waals surface area contributed by atoms with E-state index in [2.05, 4.69) is 11.6 Å². The highest BCUT2D eigenvalue weighted by atomic mass is 32.1. The number of thiazole rings is 1. The van der Waals surface area contributed by atoms with E-state index in [9.17, 15) is 19.5 Å². The number of rotatable bonds is 7. The molecule has 0 bridgehead atoms. The molecular formula is C28H26N2O6S. The molecule has 1 aromatic heterocycles. The Balaban J connectivity index is 1.89. The van der Waals surface area contributed by atoms with Crippen LogP contribution in [0.2, 0.25) is 0 Å². The van der Waals surface area contributed by atoms with Gasteiger partial charge in [-0.05, 0) is 50.1 Å². The van der Waals surface area contributed by atoms with Gasteiger partial charge >= 0.3 is 11.9 Å². The van der Waals surface area contributed by atoms with Crippen molar-refractivity contribution >= 4 is 39.9 Å². The van der Waals surface area contributed by atoms with Gasteiger partial charge in [0.25, 0.3) is 5.78 Å². The summed E-state index contributed by atoms with van der Waals surface area (Å²) in [5.41, 5.74) is 2.98. The number of nitrogens with zero attached hydrogens (tertiary/aromatic N) is 2. The van der Waals surface area contributed by atoms with Crippen LogP contribution in [0.4, 0.5) is 5.13 Å². The van der Waals surface area contributed by atoms with Crippen LogP contribution in [-0.4, -0.2) is 41.5 Å². The van der Waals surface area contributed by atoms with E-state index < -0.39 is 23.7 Å². The number of carbonyl (C=O) groups excluding carboxylic acids is 3. The van der Waals surface area contributed by atoms with Crippen molar-refractivity contribution in [3.63, 3.8) is 0 Å². The van der Waals surface area contributed by atoms with Gasteiger partial charge in [0.1, 0.15) is 23.0 Å². The normalized spacial score (nSPS) is 16.6. The Kier molecular flexibility index (Phi) is 7.26. The number of Topliss-reactive ketones (excluding diaryl/α,β-unsaturated/α-hetero) is 1. The number of hydrogen-bond acceptors (Lipinski definition) is 8. The molecule has 37 heavy (non-hydrogen) atoms. The van der Waals surface area contributed by atoms with Crippen LogP contribution in [0.15, 0.2) is 60.7 Å². The minimum Gasteiger partial charge on any atom is -0.507 e. The van der Waals surface area contributed by atoms with Gasteiger partial charge in [-0.15, -0.1) is 0 Å². The minimum absolute atomic E-state index is 0.0284. The lowest BCUT2D eigenvalue weighted by molar-refractivity contribution is -0.132. The molecule has 2 heterocycles. The largest absolute Gasteiger partial charge is 0.507 e. The quantitative estimate of drug-likeness (QED) is 0.153. The number of benzene rings is 2. The smallest absolute Gasteiger partial charge is 0.350 e. The van der Waals surface area contributed by atoms with Crippen LogP contribution in [-0.2, 0) is 14.3 Å². The molecule has 0 aliphatic carbocycles. The zero-order valence-corrected chi connectivity index (χ0v) is 21.7. The zero-order valence-electron chi connectivity index (χ0n) is 20.9. The van der Waals surface area contributed by atoms with Crippen LogP contribution in [0.5, 0.6) is 5.75 Å². The number of anilines is 1. The summed E-state index contributed by atoms with van der Waals surface area (Å²) >= 11 is 0.952. The summed E-state index contributed by atoms with van der Waals surface area (Å²) in [6.45, 7) is 8.89. The van der Waals surface area contributed by atoms with Gasteiger partial charge < -0.3 is 14.6 Å². The lowest BCUT2D eigenvalue weighted by atomic mass is 9.93. The van der Waals surface area contributed by atoms with E-state index in [-0.39, 0.29) is 27.9 Å². The number of esters is 1. The van der Waals surface area contributed by atoms with E-state index >= 15 is 0 Å². The molecule has 1 saturated heterocycles. The molecule has 1 atom stereocenters. The molecule has 1 aliphatic heterocycles. The summed E-state index contributed by atoms with van der Waals surface area (Å²) in [6.07, 6.45) is 1.45. The number of ether oxygens (including phenoxy) is 2. The van der Waals surface area contributed by atoms with Crippen molar-refractivity contribution < 1.29 is 29.0 Å². The van der Waals surface area contributed by atoms with Gasteiger partial charge in [0.2, 0.25) is 0 Å². The van der Waals surface area contributed by atoms with Crippen LogP contribution >= 0.6 is 11.3 Å². The average Bonchev–Trinajstić information content (AvgIpc) is 3.39. The third-order valence-corrected chi connectivity index (χ3v) is 7.17. The standard InChI is InChI=1S/C28H26N2O6S/c1-6-13-36-27(34)25-17(4)29-28(37-25)30-22(18-9-7-15(2)8-10-18)21(24(32)26(30)33)23(31)20-12-11-19(35-5)14-16(20)3/h6-12,14,22,31H,1,13H2,2-5H3/t22-/m0/s1. The van der Waals surface area contributed by atoms with E-state index in [1.54, 1.807) is 44.2 Å². The number of aliphatic hydroxyl groups is 1. The number of hydrogen-bond donors (Lipinski definition) is 1. The molecule has 0 radical (unpaired) electrons. The number of carbonyl (C=O) groups is 3. The molecule has 1 fully saturated rings. The highest BCUT2D eigenvalue weighted by Gasteiger charge is 2.48. The Morgan fingerprint density at radius 2 is 1.86 bits per heavy atom. The molecule has 3 aromatic rings. The predicted molar refractivity (Wildman–Crippen MR) is 141 cm³/mol. The molecule has 0 spiro atoms. The first-order valence-corrected chi connectivity index (χ1v) is 12.3. The molecule has 0 unspecified atom stereocenters. The van der Waals surface area contributed by atoms with Crippen LogP contribution in [0.3, 0.4) is 0 Å². The summed E-state index contributed by atoms with van der Waals surface area (Å²) in [5.74, 6) is -2.00. The zero-order chi connectivity index (χ0) is 26.9. The summed E-state index contributed by atoms with van der Waals surface area (Å²) < 4.78 is 10.4. The van der Waals surface area contributed by atoms with E-state index in [4.69, 9.17) is 9.47 Å². The van der Waals surface area contributed by atoms with Crippen molar-refractivity contribution in [1.82, 2.24) is 4.98 Å². The second kappa shape index (κ2) is 10.4. The van der Waals surface area contributed by atoms with Gasteiger partial charge in [0, 0.05) is 5.56 Å². The van der Waals surface area contributed by atoms with Crippen molar-refractivity contribution in [2.24, 2.45) is 0 Å². The lowest BCUT2D eigenvalue weighted by Crippen LogP contribution is -2.29. The SMILES string of the molecule is C=CCOC(=O)c1sc(N2C(=O)C(=O)C(=C(O)c3ccc(OC)cc3C)[C@@H]2c2ccc(C)cc2)nc1C. The Bertz CT molecular complexity index is 1440. The Morgan fingerprint density at radius 3 is 2.49 bits per heavy atom. The second-order valence-electron chi connectivity index (χ2n) is 8.56. The minimum atomic E-state index is -0.954. The molecule has 190 valence electrons. The molecule has 1 aliphatic rings. The van der Waals surface area contributed by atoms with Crippen LogP contribution in [0.1, 0.15) is 43.7 Å². The molecule has 1 N–H and O–H groups in total. The third kappa shape index (κ3) is 4.77. The maximum atomic E-state index is 13.4. The number of aromatic nitrogens is 1. The fourth-order valence-corrected chi connectivity index (χ4v) is 5.13. The van der Waals surface area contributed by atoms with Gasteiger partial charge in [-0.1, -0.05) is 53.8 Å². The number of ketones is 1. The predicted octanol–water partition coefficient (Wildman–Crippen LogP) is 5.05. The van der Waals surface area contributed by atoms with Gasteiger partial charge in [-0.25, -0.2) is 9.78 Å². The number of aliphatic hydroxyl groups excluding tert-OH is 1. The van der Waals surface area contributed by atoms with E-state index in [1.807, 2.05) is 19.1 Å².